The van der Waals surface area contributed by atoms with Gasteiger partial charge in [-0.05, 0) is 62.7 Å². The third-order valence-corrected chi connectivity index (χ3v) is 5.21. The average molecular weight is 363 g/mol. The van der Waals surface area contributed by atoms with Gasteiger partial charge in [0.1, 0.15) is 0 Å². The van der Waals surface area contributed by atoms with Crippen LogP contribution in [0.1, 0.15) is 33.4 Å². The highest BCUT2D eigenvalue weighted by molar-refractivity contribution is 9.10. The largest absolute Gasteiger partial charge is 0.498 e. The van der Waals surface area contributed by atoms with Crippen molar-refractivity contribution in [2.45, 2.75) is 45.8 Å². The second-order valence-corrected chi connectivity index (χ2v) is 7.51. The van der Waals surface area contributed by atoms with E-state index < -0.39 is 0 Å². The fraction of sp³-hybridized carbons (Fsp3) is 0.438. The first-order valence-corrected chi connectivity index (χ1v) is 8.17. The van der Waals surface area contributed by atoms with Gasteiger partial charge in [0.25, 0.3) is 0 Å². The summed E-state index contributed by atoms with van der Waals surface area (Å²) < 4.78 is 15.1. The summed E-state index contributed by atoms with van der Waals surface area (Å²) in [5.41, 5.74) is 2.18. The maximum absolute atomic E-state index is 6.12. The molecule has 1 saturated heterocycles. The van der Waals surface area contributed by atoms with Gasteiger partial charge in [-0.2, -0.15) is 5.10 Å². The minimum atomic E-state index is -0.388. The van der Waals surface area contributed by atoms with E-state index in [9.17, 15) is 0 Å². The summed E-state index contributed by atoms with van der Waals surface area (Å²) in [5.74, 6) is 0. The smallest absolute Gasteiger partial charge is 0.399 e. The van der Waals surface area contributed by atoms with E-state index in [4.69, 9.17) is 9.31 Å². The van der Waals surface area contributed by atoms with Crippen LogP contribution in [0.15, 0.2) is 34.9 Å². The van der Waals surface area contributed by atoms with Gasteiger partial charge in [0.05, 0.1) is 22.6 Å². The fourth-order valence-corrected chi connectivity index (χ4v) is 2.90. The number of benzene rings is 1. The number of halogens is 1. The Balaban J connectivity index is 1.97. The SMILES string of the molecule is Cc1nn(-c2ccccc2Br)cc1B1OC(C)(C)C(C)(C)O1. The van der Waals surface area contributed by atoms with Gasteiger partial charge in [-0.15, -0.1) is 0 Å². The first kappa shape index (κ1) is 15.8. The Morgan fingerprint density at radius 2 is 1.68 bits per heavy atom. The van der Waals surface area contributed by atoms with Crippen LogP contribution in [0, 0.1) is 6.92 Å². The number of rotatable bonds is 2. The topological polar surface area (TPSA) is 36.3 Å². The molecule has 0 radical (unpaired) electrons. The standard InChI is InChI=1S/C16H20BBrN2O2/c1-11-12(17-21-15(2,3)16(4,5)22-17)10-20(19-11)14-9-7-6-8-13(14)18/h6-10H,1-5H3. The third kappa shape index (κ3) is 2.53. The van der Waals surface area contributed by atoms with Gasteiger partial charge in [0.15, 0.2) is 0 Å². The Labute approximate surface area is 140 Å². The van der Waals surface area contributed by atoms with Crippen molar-refractivity contribution in [2.75, 3.05) is 0 Å². The lowest BCUT2D eigenvalue weighted by atomic mass is 9.79. The van der Waals surface area contributed by atoms with Crippen LogP contribution in [0.5, 0.6) is 0 Å². The number of aryl methyl sites for hydroxylation is 1. The molecule has 2 aromatic rings. The van der Waals surface area contributed by atoms with E-state index in [0.29, 0.717) is 0 Å². The third-order valence-electron chi connectivity index (χ3n) is 4.54. The van der Waals surface area contributed by atoms with Crippen molar-refractivity contribution >= 4 is 28.5 Å². The molecule has 116 valence electrons. The molecule has 0 saturated carbocycles. The van der Waals surface area contributed by atoms with Crippen molar-refractivity contribution in [1.29, 1.82) is 0 Å². The lowest BCUT2D eigenvalue weighted by Gasteiger charge is -2.32. The van der Waals surface area contributed by atoms with E-state index >= 15 is 0 Å². The van der Waals surface area contributed by atoms with Crippen LogP contribution in [0.25, 0.3) is 5.69 Å². The molecule has 22 heavy (non-hydrogen) atoms. The normalized spacial score (nSPS) is 19.6. The maximum atomic E-state index is 6.12. The average Bonchev–Trinajstić information content (AvgIpc) is 2.88. The second-order valence-electron chi connectivity index (χ2n) is 6.65. The summed E-state index contributed by atoms with van der Waals surface area (Å²) in [6.07, 6.45) is 1.98. The maximum Gasteiger partial charge on any atom is 0.498 e. The summed E-state index contributed by atoms with van der Waals surface area (Å²) in [5, 5.41) is 4.61. The van der Waals surface area contributed by atoms with Gasteiger partial charge in [0.2, 0.25) is 0 Å². The van der Waals surface area contributed by atoms with Gasteiger partial charge >= 0.3 is 7.12 Å². The number of aromatic nitrogens is 2. The fourth-order valence-electron chi connectivity index (χ4n) is 2.44. The first-order valence-electron chi connectivity index (χ1n) is 7.38. The monoisotopic (exact) mass is 362 g/mol. The predicted molar refractivity (Wildman–Crippen MR) is 91.7 cm³/mol. The van der Waals surface area contributed by atoms with E-state index in [2.05, 4.69) is 48.7 Å². The van der Waals surface area contributed by atoms with Crippen LogP contribution < -0.4 is 5.46 Å². The molecule has 0 N–H and O–H groups in total. The summed E-state index contributed by atoms with van der Waals surface area (Å²) in [6.45, 7) is 10.2. The Bertz CT molecular complexity index is 696. The molecule has 1 aromatic heterocycles. The molecular weight excluding hydrogens is 343 g/mol. The molecule has 0 unspecified atom stereocenters. The lowest BCUT2D eigenvalue weighted by molar-refractivity contribution is 0.00578. The summed E-state index contributed by atoms with van der Waals surface area (Å²) in [6, 6.07) is 8.00. The number of nitrogens with zero attached hydrogens (tertiary/aromatic N) is 2. The zero-order valence-electron chi connectivity index (χ0n) is 13.6. The molecule has 0 bridgehead atoms. The zero-order chi connectivity index (χ0) is 16.1. The highest BCUT2D eigenvalue weighted by Gasteiger charge is 2.52. The van der Waals surface area contributed by atoms with Crippen molar-refractivity contribution in [1.82, 2.24) is 9.78 Å². The Morgan fingerprint density at radius 3 is 2.27 bits per heavy atom. The van der Waals surface area contributed by atoms with Gasteiger partial charge in [-0.25, -0.2) is 4.68 Å². The van der Waals surface area contributed by atoms with Gasteiger partial charge in [-0.3, -0.25) is 0 Å². The van der Waals surface area contributed by atoms with Gasteiger partial charge in [0, 0.05) is 16.1 Å². The van der Waals surface area contributed by atoms with Gasteiger partial charge in [-0.1, -0.05) is 12.1 Å². The molecule has 6 heteroatoms. The Hall–Kier alpha value is -1.11. The van der Waals surface area contributed by atoms with Crippen LogP contribution in [0.4, 0.5) is 0 Å². The minimum Gasteiger partial charge on any atom is -0.399 e. The van der Waals surface area contributed by atoms with Crippen LogP contribution >= 0.6 is 15.9 Å². The van der Waals surface area contributed by atoms with Crippen molar-refractivity contribution < 1.29 is 9.31 Å². The van der Waals surface area contributed by atoms with E-state index in [1.165, 1.54) is 0 Å². The van der Waals surface area contributed by atoms with E-state index in [1.807, 2.05) is 42.1 Å². The van der Waals surface area contributed by atoms with Crippen molar-refractivity contribution in [3.63, 3.8) is 0 Å². The van der Waals surface area contributed by atoms with Crippen LogP contribution in [0.3, 0.4) is 0 Å². The van der Waals surface area contributed by atoms with E-state index in [1.54, 1.807) is 0 Å². The number of hydrogen-bond acceptors (Lipinski definition) is 3. The van der Waals surface area contributed by atoms with Crippen molar-refractivity contribution in [3.05, 3.63) is 40.6 Å². The molecule has 3 rings (SSSR count). The summed E-state index contributed by atoms with van der Waals surface area (Å²) in [4.78, 5) is 0. The summed E-state index contributed by atoms with van der Waals surface area (Å²) in [7, 11) is -0.388. The Kier molecular flexibility index (Phi) is 3.74. The van der Waals surface area contributed by atoms with Crippen molar-refractivity contribution in [3.8, 4) is 5.69 Å². The quantitative estimate of drug-likeness (QED) is 0.769. The van der Waals surface area contributed by atoms with Crippen LogP contribution in [-0.4, -0.2) is 28.1 Å². The molecule has 1 aliphatic heterocycles. The van der Waals surface area contributed by atoms with Crippen LogP contribution in [-0.2, 0) is 9.31 Å². The van der Waals surface area contributed by atoms with Gasteiger partial charge < -0.3 is 9.31 Å². The second kappa shape index (κ2) is 5.22. The molecule has 4 nitrogen and oxygen atoms in total. The first-order chi connectivity index (χ1) is 10.2. The lowest BCUT2D eigenvalue weighted by Crippen LogP contribution is -2.41. The zero-order valence-corrected chi connectivity index (χ0v) is 15.1. The molecule has 0 atom stereocenters. The molecule has 2 heterocycles. The molecule has 1 aliphatic rings. The predicted octanol–water partition coefficient (Wildman–Crippen LogP) is 3.24. The molecule has 0 amide bonds. The molecule has 0 spiro atoms. The summed E-state index contributed by atoms with van der Waals surface area (Å²) >= 11 is 3.56. The minimum absolute atomic E-state index is 0.348. The van der Waals surface area contributed by atoms with E-state index in [0.717, 1.165) is 21.3 Å². The number of hydrogen-bond donors (Lipinski definition) is 0. The number of para-hydroxylation sites is 1. The van der Waals surface area contributed by atoms with Crippen LogP contribution in [0.2, 0.25) is 0 Å². The molecule has 1 aromatic carbocycles. The highest BCUT2D eigenvalue weighted by atomic mass is 79.9. The highest BCUT2D eigenvalue weighted by Crippen LogP contribution is 2.36. The van der Waals surface area contributed by atoms with E-state index in [-0.39, 0.29) is 18.3 Å². The molecular formula is C16H20BBrN2O2. The Morgan fingerprint density at radius 1 is 1.09 bits per heavy atom. The molecule has 0 aliphatic carbocycles. The molecule has 1 fully saturated rings. The van der Waals surface area contributed by atoms with Crippen molar-refractivity contribution in [2.24, 2.45) is 0 Å².